The highest BCUT2D eigenvalue weighted by molar-refractivity contribution is 14.0. The summed E-state index contributed by atoms with van der Waals surface area (Å²) in [4.78, 5) is 4.22. The number of rotatable bonds is 8. The summed E-state index contributed by atoms with van der Waals surface area (Å²) >= 11 is 0. The summed E-state index contributed by atoms with van der Waals surface area (Å²) < 4.78 is 32.5. The van der Waals surface area contributed by atoms with Gasteiger partial charge in [0, 0.05) is 32.8 Å². The maximum absolute atomic E-state index is 12.1. The SMILES string of the molecule is CCC1CCC(NC(=NC)NCCS(=O)(=O)NCC2CCCCO2)CC1.I. The average Bonchev–Trinajstić information content (AvgIpc) is 2.67. The maximum atomic E-state index is 12.1. The largest absolute Gasteiger partial charge is 0.377 e. The van der Waals surface area contributed by atoms with Gasteiger partial charge in [-0.05, 0) is 50.9 Å². The molecular weight excluding hydrogens is 479 g/mol. The van der Waals surface area contributed by atoms with E-state index in [0.717, 1.165) is 44.6 Å². The van der Waals surface area contributed by atoms with Crippen molar-refractivity contribution < 1.29 is 13.2 Å². The highest BCUT2D eigenvalue weighted by atomic mass is 127. The predicted octanol–water partition coefficient (Wildman–Crippen LogP) is 2.23. The lowest BCUT2D eigenvalue weighted by atomic mass is 9.84. The number of sulfonamides is 1. The van der Waals surface area contributed by atoms with E-state index < -0.39 is 10.0 Å². The number of nitrogens with zero attached hydrogens (tertiary/aromatic N) is 1. The smallest absolute Gasteiger partial charge is 0.213 e. The van der Waals surface area contributed by atoms with Crippen molar-refractivity contribution in [1.82, 2.24) is 15.4 Å². The minimum Gasteiger partial charge on any atom is -0.377 e. The van der Waals surface area contributed by atoms with Crippen LogP contribution in [-0.2, 0) is 14.8 Å². The lowest BCUT2D eigenvalue weighted by Crippen LogP contribution is -2.46. The molecule has 0 aromatic heterocycles. The number of hydrogen-bond acceptors (Lipinski definition) is 4. The molecule has 1 saturated heterocycles. The number of guanidine groups is 1. The van der Waals surface area contributed by atoms with Crippen molar-refractivity contribution in [2.45, 2.75) is 70.4 Å². The molecule has 3 N–H and O–H groups in total. The molecule has 1 unspecified atom stereocenters. The fourth-order valence-corrected chi connectivity index (χ4v) is 4.62. The first-order chi connectivity index (χ1) is 12.5. The van der Waals surface area contributed by atoms with Crippen molar-refractivity contribution in [1.29, 1.82) is 0 Å². The molecule has 9 heteroatoms. The van der Waals surface area contributed by atoms with Crippen molar-refractivity contribution >= 4 is 40.0 Å². The zero-order valence-electron chi connectivity index (χ0n) is 16.7. The molecule has 1 aliphatic carbocycles. The fraction of sp³-hybridized carbons (Fsp3) is 0.944. The molecular formula is C18H37IN4O3S. The summed E-state index contributed by atoms with van der Waals surface area (Å²) in [6.07, 6.45) is 9.20. The van der Waals surface area contributed by atoms with Gasteiger partial charge in [-0.3, -0.25) is 4.99 Å². The molecule has 160 valence electrons. The van der Waals surface area contributed by atoms with Crippen LogP contribution in [0.5, 0.6) is 0 Å². The number of nitrogens with one attached hydrogen (secondary N) is 3. The Balaban J connectivity index is 0.00000364. The van der Waals surface area contributed by atoms with E-state index in [4.69, 9.17) is 4.74 Å². The molecule has 0 aromatic rings. The van der Waals surface area contributed by atoms with Gasteiger partial charge in [0.25, 0.3) is 0 Å². The number of ether oxygens (including phenoxy) is 1. The van der Waals surface area contributed by atoms with Crippen LogP contribution in [-0.4, -0.2) is 59.0 Å². The normalized spacial score (nSPS) is 26.9. The second-order valence-electron chi connectivity index (χ2n) is 7.43. The summed E-state index contributed by atoms with van der Waals surface area (Å²) in [6, 6.07) is 0.433. The Bertz CT molecular complexity index is 531. The molecule has 1 heterocycles. The van der Waals surface area contributed by atoms with Crippen LogP contribution >= 0.6 is 24.0 Å². The maximum Gasteiger partial charge on any atom is 0.213 e. The van der Waals surface area contributed by atoms with Gasteiger partial charge >= 0.3 is 0 Å². The van der Waals surface area contributed by atoms with Crippen molar-refractivity contribution in [3.8, 4) is 0 Å². The van der Waals surface area contributed by atoms with Gasteiger partial charge < -0.3 is 15.4 Å². The third-order valence-corrected chi connectivity index (χ3v) is 6.80. The van der Waals surface area contributed by atoms with E-state index in [-0.39, 0.29) is 35.8 Å². The molecule has 0 radical (unpaired) electrons. The Morgan fingerprint density at radius 3 is 2.48 bits per heavy atom. The van der Waals surface area contributed by atoms with Gasteiger partial charge in [-0.1, -0.05) is 13.3 Å². The van der Waals surface area contributed by atoms with Crippen LogP contribution < -0.4 is 15.4 Å². The average molecular weight is 516 g/mol. The van der Waals surface area contributed by atoms with E-state index in [1.165, 1.54) is 19.3 Å². The second kappa shape index (κ2) is 13.2. The quantitative estimate of drug-likeness (QED) is 0.262. The zero-order valence-corrected chi connectivity index (χ0v) is 19.9. The Hall–Kier alpha value is -0.130. The third kappa shape index (κ3) is 9.76. The van der Waals surface area contributed by atoms with E-state index >= 15 is 0 Å². The van der Waals surface area contributed by atoms with E-state index in [9.17, 15) is 8.42 Å². The Morgan fingerprint density at radius 1 is 1.15 bits per heavy atom. The first kappa shape index (κ1) is 24.9. The van der Waals surface area contributed by atoms with Crippen LogP contribution in [0.25, 0.3) is 0 Å². The van der Waals surface area contributed by atoms with Gasteiger partial charge in [-0.2, -0.15) is 0 Å². The number of hydrogen-bond donors (Lipinski definition) is 3. The predicted molar refractivity (Wildman–Crippen MR) is 121 cm³/mol. The Morgan fingerprint density at radius 2 is 1.89 bits per heavy atom. The van der Waals surface area contributed by atoms with Crippen LogP contribution in [0.2, 0.25) is 0 Å². The van der Waals surface area contributed by atoms with Gasteiger partial charge in [-0.25, -0.2) is 13.1 Å². The van der Waals surface area contributed by atoms with Crippen LogP contribution in [0.4, 0.5) is 0 Å². The van der Waals surface area contributed by atoms with Gasteiger partial charge in [0.05, 0.1) is 11.9 Å². The lowest BCUT2D eigenvalue weighted by Gasteiger charge is -2.29. The van der Waals surface area contributed by atoms with Gasteiger partial charge in [0.1, 0.15) is 0 Å². The molecule has 2 aliphatic rings. The minimum atomic E-state index is -3.30. The molecule has 1 saturated carbocycles. The molecule has 0 aromatic carbocycles. The van der Waals surface area contributed by atoms with Crippen molar-refractivity contribution in [3.63, 3.8) is 0 Å². The molecule has 0 amide bonds. The molecule has 7 nitrogen and oxygen atoms in total. The number of aliphatic imine (C=N–C) groups is 1. The van der Waals surface area contributed by atoms with Crippen LogP contribution in [0.3, 0.4) is 0 Å². The lowest BCUT2D eigenvalue weighted by molar-refractivity contribution is 0.0200. The van der Waals surface area contributed by atoms with E-state index in [1.807, 2.05) is 0 Å². The summed E-state index contributed by atoms with van der Waals surface area (Å²) in [7, 11) is -1.58. The standard InChI is InChI=1S/C18H36N4O3S.HI/c1-3-15-7-9-16(10-8-15)22-18(19-2)20-11-13-26(23,24)21-14-17-6-4-5-12-25-17;/h15-17,21H,3-14H2,1-2H3,(H2,19,20,22);1H. The first-order valence-electron chi connectivity index (χ1n) is 10.1. The van der Waals surface area contributed by atoms with E-state index in [2.05, 4.69) is 27.3 Å². The van der Waals surface area contributed by atoms with Crippen LogP contribution in [0, 0.1) is 5.92 Å². The summed E-state index contributed by atoms with van der Waals surface area (Å²) in [5.41, 5.74) is 0. The molecule has 0 bridgehead atoms. The summed E-state index contributed by atoms with van der Waals surface area (Å²) in [6.45, 7) is 3.70. The van der Waals surface area contributed by atoms with Gasteiger partial charge in [0.2, 0.25) is 10.0 Å². The Kier molecular flexibility index (Phi) is 12.1. The monoisotopic (exact) mass is 516 g/mol. The molecule has 2 rings (SSSR count). The fourth-order valence-electron chi connectivity index (χ4n) is 3.67. The summed E-state index contributed by atoms with van der Waals surface area (Å²) in [5, 5.41) is 6.55. The minimum absolute atomic E-state index is 0. The topological polar surface area (TPSA) is 91.8 Å². The number of halogens is 1. The highest BCUT2D eigenvalue weighted by Gasteiger charge is 2.21. The van der Waals surface area contributed by atoms with E-state index in [0.29, 0.717) is 25.1 Å². The van der Waals surface area contributed by atoms with Crippen LogP contribution in [0.1, 0.15) is 58.3 Å². The Labute approximate surface area is 181 Å². The summed E-state index contributed by atoms with van der Waals surface area (Å²) in [5.74, 6) is 1.58. The highest BCUT2D eigenvalue weighted by Crippen LogP contribution is 2.26. The van der Waals surface area contributed by atoms with Crippen LogP contribution in [0.15, 0.2) is 4.99 Å². The first-order valence-corrected chi connectivity index (χ1v) is 11.7. The van der Waals surface area contributed by atoms with E-state index in [1.54, 1.807) is 7.05 Å². The van der Waals surface area contributed by atoms with Crippen molar-refractivity contribution in [2.24, 2.45) is 10.9 Å². The molecule has 0 spiro atoms. The molecule has 27 heavy (non-hydrogen) atoms. The zero-order chi connectivity index (χ0) is 18.8. The van der Waals surface area contributed by atoms with Crippen molar-refractivity contribution in [2.75, 3.05) is 32.5 Å². The molecule has 1 aliphatic heterocycles. The van der Waals surface area contributed by atoms with Gasteiger partial charge in [-0.15, -0.1) is 24.0 Å². The van der Waals surface area contributed by atoms with Crippen molar-refractivity contribution in [3.05, 3.63) is 0 Å². The molecule has 2 fully saturated rings. The second-order valence-corrected chi connectivity index (χ2v) is 9.35. The van der Waals surface area contributed by atoms with Gasteiger partial charge in [0.15, 0.2) is 5.96 Å². The third-order valence-electron chi connectivity index (χ3n) is 5.46. The molecule has 1 atom stereocenters.